The number of amides is 1. The first kappa shape index (κ1) is 32.4. The van der Waals surface area contributed by atoms with Gasteiger partial charge in [0, 0.05) is 6.42 Å². The molecule has 2 N–H and O–H groups in total. The van der Waals surface area contributed by atoms with Gasteiger partial charge in [-0.05, 0) is 25.2 Å². The largest absolute Gasteiger partial charge is 0.462 e. The van der Waals surface area contributed by atoms with Crippen molar-refractivity contribution >= 4 is 17.8 Å². The molecular weight excluding hydrogens is 454 g/mol. The summed E-state index contributed by atoms with van der Waals surface area (Å²) in [6, 6.07) is 0. The normalized spacial score (nSPS) is 19.0. The molecule has 1 aliphatic rings. The average molecular weight is 510 g/mol. The summed E-state index contributed by atoms with van der Waals surface area (Å²) in [4.78, 5) is 36.1. The lowest BCUT2D eigenvalue weighted by Crippen LogP contribution is -2.47. The van der Waals surface area contributed by atoms with Gasteiger partial charge < -0.3 is 15.2 Å². The lowest BCUT2D eigenvalue weighted by atomic mass is 9.88. The first-order valence-electron chi connectivity index (χ1n) is 15.0. The van der Waals surface area contributed by atoms with E-state index < -0.39 is 17.8 Å². The number of hydrogen-bond donors (Lipinski definition) is 1. The van der Waals surface area contributed by atoms with Crippen molar-refractivity contribution in [1.82, 2.24) is 0 Å². The molecule has 1 fully saturated rings. The molecule has 0 spiro atoms. The number of carbonyl (C=O) groups is 3. The van der Waals surface area contributed by atoms with Crippen molar-refractivity contribution in [3.05, 3.63) is 0 Å². The van der Waals surface area contributed by atoms with Gasteiger partial charge in [0.25, 0.3) is 0 Å². The molecule has 0 aliphatic carbocycles. The second-order valence-electron chi connectivity index (χ2n) is 11.1. The highest BCUT2D eigenvalue weighted by molar-refractivity contribution is 5.97. The number of ether oxygens (including phenoxy) is 2. The quantitative estimate of drug-likeness (QED) is 0.0888. The van der Waals surface area contributed by atoms with Crippen LogP contribution in [0.2, 0.25) is 0 Å². The van der Waals surface area contributed by atoms with Crippen LogP contribution in [0.5, 0.6) is 0 Å². The lowest BCUT2D eigenvalue weighted by molar-refractivity contribution is -0.190. The maximum Gasteiger partial charge on any atom is 0.319 e. The van der Waals surface area contributed by atoms with Crippen molar-refractivity contribution in [2.24, 2.45) is 23.5 Å². The van der Waals surface area contributed by atoms with Crippen LogP contribution in [0.25, 0.3) is 0 Å². The van der Waals surface area contributed by atoms with E-state index in [1.165, 1.54) is 83.5 Å². The van der Waals surface area contributed by atoms with E-state index >= 15 is 0 Å². The maximum absolute atomic E-state index is 12.7. The Morgan fingerprint density at radius 3 is 1.69 bits per heavy atom. The molecule has 0 aromatic rings. The van der Waals surface area contributed by atoms with Crippen molar-refractivity contribution in [3.63, 3.8) is 0 Å². The van der Waals surface area contributed by atoms with Crippen molar-refractivity contribution < 1.29 is 23.9 Å². The maximum atomic E-state index is 12.7. The molecule has 0 aromatic carbocycles. The van der Waals surface area contributed by atoms with Gasteiger partial charge in [-0.3, -0.25) is 14.4 Å². The van der Waals surface area contributed by atoms with Crippen LogP contribution < -0.4 is 5.73 Å². The molecule has 4 atom stereocenters. The number of hydrogen-bond acceptors (Lipinski definition) is 5. The lowest BCUT2D eigenvalue weighted by Gasteiger charge is -2.36. The highest BCUT2D eigenvalue weighted by Crippen LogP contribution is 2.31. The fourth-order valence-electron chi connectivity index (χ4n) is 5.22. The Hall–Kier alpha value is -1.59. The van der Waals surface area contributed by atoms with Gasteiger partial charge in [0.15, 0.2) is 0 Å². The van der Waals surface area contributed by atoms with Gasteiger partial charge >= 0.3 is 11.9 Å². The van der Waals surface area contributed by atoms with Crippen molar-refractivity contribution in [2.45, 2.75) is 155 Å². The zero-order chi connectivity index (χ0) is 26.8. The smallest absolute Gasteiger partial charge is 0.319 e. The molecule has 0 aromatic heterocycles. The summed E-state index contributed by atoms with van der Waals surface area (Å²) in [6.45, 7) is 7.82. The van der Waals surface area contributed by atoms with Crippen LogP contribution in [0.15, 0.2) is 0 Å². The van der Waals surface area contributed by atoms with Crippen LogP contribution in [0.1, 0.15) is 143 Å². The molecule has 1 heterocycles. The first-order valence-corrected chi connectivity index (χ1v) is 15.0. The average Bonchev–Trinajstić information content (AvgIpc) is 2.80. The summed E-state index contributed by atoms with van der Waals surface area (Å²) < 4.78 is 11.1. The predicted octanol–water partition coefficient (Wildman–Crippen LogP) is 7.26. The van der Waals surface area contributed by atoms with Gasteiger partial charge in [0.2, 0.25) is 5.91 Å². The molecule has 0 saturated carbocycles. The third-order valence-corrected chi connectivity index (χ3v) is 7.59. The van der Waals surface area contributed by atoms with Crippen LogP contribution in [-0.2, 0) is 23.9 Å². The molecule has 1 amide bonds. The van der Waals surface area contributed by atoms with Gasteiger partial charge in [-0.1, -0.05) is 118 Å². The fourth-order valence-corrected chi connectivity index (χ4v) is 5.22. The molecule has 1 aliphatic heterocycles. The van der Waals surface area contributed by atoms with Gasteiger partial charge in [0.05, 0.1) is 5.92 Å². The molecule has 210 valence electrons. The Bertz CT molecular complexity index is 620. The van der Waals surface area contributed by atoms with Crippen LogP contribution in [-0.4, -0.2) is 30.1 Å². The monoisotopic (exact) mass is 509 g/mol. The molecule has 0 unspecified atom stereocenters. The van der Waals surface area contributed by atoms with Gasteiger partial charge in [-0.15, -0.1) is 0 Å². The number of cyclic esters (lactones) is 1. The summed E-state index contributed by atoms with van der Waals surface area (Å²) in [7, 11) is 0. The Labute approximate surface area is 220 Å². The van der Waals surface area contributed by atoms with E-state index in [1.807, 2.05) is 6.92 Å². The summed E-state index contributed by atoms with van der Waals surface area (Å²) >= 11 is 0. The van der Waals surface area contributed by atoms with Crippen LogP contribution >= 0.6 is 0 Å². The predicted molar refractivity (Wildman–Crippen MR) is 145 cm³/mol. The summed E-state index contributed by atoms with van der Waals surface area (Å²) in [6.07, 6.45) is 20.9. The van der Waals surface area contributed by atoms with E-state index in [4.69, 9.17) is 15.2 Å². The highest BCUT2D eigenvalue weighted by atomic mass is 16.6. The van der Waals surface area contributed by atoms with Crippen LogP contribution in [0, 0.1) is 17.8 Å². The Balaban J connectivity index is 2.25. The summed E-state index contributed by atoms with van der Waals surface area (Å²) in [5, 5.41) is 0. The molecule has 6 heteroatoms. The minimum absolute atomic E-state index is 0.121. The standard InChI is InChI=1S/C30H55NO5/c1-5-7-8-9-10-11-12-13-14-15-16-17-18-19-20-21-24(22-26-25(6-2)29(33)36-26)35-30(34)27(23(3)4)28(31)32/h23-27H,5-22H2,1-4H3,(H2,31,32)/t24-,25-,26-,27+/m0/s1. The van der Waals surface area contributed by atoms with E-state index in [0.29, 0.717) is 6.42 Å². The third-order valence-electron chi connectivity index (χ3n) is 7.59. The Kier molecular flexibility index (Phi) is 17.6. The van der Waals surface area contributed by atoms with Crippen LogP contribution in [0.3, 0.4) is 0 Å². The first-order chi connectivity index (χ1) is 17.3. The Morgan fingerprint density at radius 2 is 1.31 bits per heavy atom. The van der Waals surface area contributed by atoms with Gasteiger partial charge in [-0.25, -0.2) is 0 Å². The van der Waals surface area contributed by atoms with E-state index in [-0.39, 0.29) is 30.0 Å². The minimum Gasteiger partial charge on any atom is -0.462 e. The second-order valence-corrected chi connectivity index (χ2v) is 11.1. The SMILES string of the molecule is CCCCCCCCCCCCCCCCC[C@@H](C[C@@H]1OC(=O)[C@H]1CC)OC(=O)[C@@H](C(N)=O)C(C)C. The van der Waals surface area contributed by atoms with Gasteiger partial charge in [0.1, 0.15) is 18.1 Å². The summed E-state index contributed by atoms with van der Waals surface area (Å²) in [5.74, 6) is -2.66. The van der Waals surface area contributed by atoms with Gasteiger partial charge in [-0.2, -0.15) is 0 Å². The molecule has 1 saturated heterocycles. The number of esters is 2. The molecular formula is C30H55NO5. The molecule has 0 bridgehead atoms. The summed E-state index contributed by atoms with van der Waals surface area (Å²) in [5.41, 5.74) is 5.44. The van der Waals surface area contributed by atoms with E-state index in [2.05, 4.69) is 6.92 Å². The zero-order valence-electron chi connectivity index (χ0n) is 23.7. The van der Waals surface area contributed by atoms with Crippen LogP contribution in [0.4, 0.5) is 0 Å². The van der Waals surface area contributed by atoms with E-state index in [0.717, 1.165) is 25.7 Å². The number of rotatable bonds is 23. The second kappa shape index (κ2) is 19.5. The number of nitrogens with two attached hydrogens (primary N) is 1. The van der Waals surface area contributed by atoms with Crippen molar-refractivity contribution in [2.75, 3.05) is 0 Å². The minimum atomic E-state index is -0.945. The molecule has 6 nitrogen and oxygen atoms in total. The molecule has 36 heavy (non-hydrogen) atoms. The molecule has 1 rings (SSSR count). The number of primary amides is 1. The highest BCUT2D eigenvalue weighted by Gasteiger charge is 2.43. The third kappa shape index (κ3) is 13.1. The van der Waals surface area contributed by atoms with E-state index in [9.17, 15) is 14.4 Å². The Morgan fingerprint density at radius 1 is 0.833 bits per heavy atom. The zero-order valence-corrected chi connectivity index (χ0v) is 23.7. The number of unbranched alkanes of at least 4 members (excludes halogenated alkanes) is 14. The van der Waals surface area contributed by atoms with E-state index in [1.54, 1.807) is 13.8 Å². The van der Waals surface area contributed by atoms with Crippen molar-refractivity contribution in [3.8, 4) is 0 Å². The fraction of sp³-hybridized carbons (Fsp3) is 0.900. The topological polar surface area (TPSA) is 95.7 Å². The number of carbonyl (C=O) groups excluding carboxylic acids is 3. The van der Waals surface area contributed by atoms with Crippen molar-refractivity contribution in [1.29, 1.82) is 0 Å². The molecule has 0 radical (unpaired) electrons.